The Bertz CT molecular complexity index is 506. The van der Waals surface area contributed by atoms with E-state index in [1.807, 2.05) is 0 Å². The Morgan fingerprint density at radius 2 is 2.27 bits per heavy atom. The standard InChI is InChI=1S/C15H20F2N2O3/c1-21-12-3-2-11(8-13(12)22-15(16)17)14(20)19-7-5-10-4-6-18-9-10/h2-3,8,10,15,18H,4-7,9H2,1H3,(H,19,20). The van der Waals surface area contributed by atoms with Gasteiger partial charge in [-0.05, 0) is 50.0 Å². The van der Waals surface area contributed by atoms with Crippen molar-refractivity contribution >= 4 is 5.91 Å². The van der Waals surface area contributed by atoms with Gasteiger partial charge in [-0.3, -0.25) is 4.79 Å². The lowest BCUT2D eigenvalue weighted by Crippen LogP contribution is -2.26. The monoisotopic (exact) mass is 314 g/mol. The highest BCUT2D eigenvalue weighted by Crippen LogP contribution is 2.29. The van der Waals surface area contributed by atoms with Gasteiger partial charge in [0, 0.05) is 12.1 Å². The van der Waals surface area contributed by atoms with Crippen LogP contribution in [0.4, 0.5) is 8.78 Å². The lowest BCUT2D eigenvalue weighted by atomic mass is 10.1. The molecule has 1 amide bonds. The molecule has 122 valence electrons. The second-order valence-corrected chi connectivity index (χ2v) is 5.15. The Morgan fingerprint density at radius 3 is 2.91 bits per heavy atom. The lowest BCUT2D eigenvalue weighted by molar-refractivity contribution is -0.0512. The highest BCUT2D eigenvalue weighted by molar-refractivity contribution is 5.94. The fourth-order valence-electron chi connectivity index (χ4n) is 2.46. The average molecular weight is 314 g/mol. The molecule has 0 spiro atoms. The molecule has 1 atom stereocenters. The van der Waals surface area contributed by atoms with E-state index in [1.165, 1.54) is 25.3 Å². The van der Waals surface area contributed by atoms with Crippen LogP contribution in [0.1, 0.15) is 23.2 Å². The third-order valence-electron chi connectivity index (χ3n) is 3.64. The Labute approximate surface area is 128 Å². The predicted molar refractivity (Wildman–Crippen MR) is 77.6 cm³/mol. The maximum atomic E-state index is 12.4. The van der Waals surface area contributed by atoms with Crippen molar-refractivity contribution in [2.24, 2.45) is 5.92 Å². The fraction of sp³-hybridized carbons (Fsp3) is 0.533. The first-order valence-corrected chi connectivity index (χ1v) is 7.22. The van der Waals surface area contributed by atoms with Crippen LogP contribution in [0.2, 0.25) is 0 Å². The quantitative estimate of drug-likeness (QED) is 0.808. The molecular formula is C15H20F2N2O3. The minimum atomic E-state index is -2.97. The molecule has 7 heteroatoms. The molecular weight excluding hydrogens is 294 g/mol. The molecule has 1 aromatic rings. The summed E-state index contributed by atoms with van der Waals surface area (Å²) in [4.78, 5) is 12.0. The number of alkyl halides is 2. The van der Waals surface area contributed by atoms with Gasteiger partial charge in [0.2, 0.25) is 0 Å². The molecule has 22 heavy (non-hydrogen) atoms. The number of rotatable bonds is 7. The normalized spacial score (nSPS) is 17.5. The molecule has 0 aliphatic carbocycles. The summed E-state index contributed by atoms with van der Waals surface area (Å²) in [7, 11) is 1.35. The molecule has 0 radical (unpaired) electrons. The van der Waals surface area contributed by atoms with Crippen LogP contribution in [0.25, 0.3) is 0 Å². The smallest absolute Gasteiger partial charge is 0.387 e. The van der Waals surface area contributed by atoms with E-state index in [9.17, 15) is 13.6 Å². The zero-order chi connectivity index (χ0) is 15.9. The number of amides is 1. The highest BCUT2D eigenvalue weighted by atomic mass is 19.3. The van der Waals surface area contributed by atoms with Crippen LogP contribution in [0.3, 0.4) is 0 Å². The Kier molecular flexibility index (Phi) is 5.94. The van der Waals surface area contributed by atoms with Gasteiger partial charge in [-0.1, -0.05) is 0 Å². The molecule has 1 unspecified atom stereocenters. The number of benzene rings is 1. The number of carbonyl (C=O) groups excluding carboxylic acids is 1. The van der Waals surface area contributed by atoms with Crippen molar-refractivity contribution in [2.75, 3.05) is 26.7 Å². The first-order chi connectivity index (χ1) is 10.6. The van der Waals surface area contributed by atoms with Crippen molar-refractivity contribution in [3.63, 3.8) is 0 Å². The van der Waals surface area contributed by atoms with Crippen LogP contribution in [-0.2, 0) is 0 Å². The Morgan fingerprint density at radius 1 is 1.45 bits per heavy atom. The van der Waals surface area contributed by atoms with E-state index in [0.29, 0.717) is 12.5 Å². The second-order valence-electron chi connectivity index (χ2n) is 5.15. The van der Waals surface area contributed by atoms with Gasteiger partial charge in [0.15, 0.2) is 11.5 Å². The SMILES string of the molecule is COc1ccc(C(=O)NCCC2CCNC2)cc1OC(F)F. The molecule has 5 nitrogen and oxygen atoms in total. The minimum absolute atomic E-state index is 0.148. The van der Waals surface area contributed by atoms with Crippen LogP contribution < -0.4 is 20.1 Å². The van der Waals surface area contributed by atoms with Gasteiger partial charge in [0.05, 0.1) is 7.11 Å². The van der Waals surface area contributed by atoms with Crippen molar-refractivity contribution in [1.82, 2.24) is 10.6 Å². The first kappa shape index (κ1) is 16.5. The number of ether oxygens (including phenoxy) is 2. The fourth-order valence-corrected chi connectivity index (χ4v) is 2.46. The third kappa shape index (κ3) is 4.56. The van der Waals surface area contributed by atoms with Gasteiger partial charge in [-0.25, -0.2) is 0 Å². The van der Waals surface area contributed by atoms with E-state index in [2.05, 4.69) is 15.4 Å². The van der Waals surface area contributed by atoms with Crippen LogP contribution in [0.15, 0.2) is 18.2 Å². The first-order valence-electron chi connectivity index (χ1n) is 7.22. The summed E-state index contributed by atoms with van der Waals surface area (Å²) in [6.45, 7) is -0.416. The average Bonchev–Trinajstić information content (AvgIpc) is 2.99. The summed E-state index contributed by atoms with van der Waals surface area (Å²) in [5.41, 5.74) is 0.265. The maximum absolute atomic E-state index is 12.4. The molecule has 1 aliphatic heterocycles. The number of hydrogen-bond donors (Lipinski definition) is 2. The summed E-state index contributed by atoms with van der Waals surface area (Å²) >= 11 is 0. The molecule has 0 aromatic heterocycles. The molecule has 2 N–H and O–H groups in total. The van der Waals surface area contributed by atoms with Gasteiger partial charge in [0.1, 0.15) is 0 Å². The van der Waals surface area contributed by atoms with E-state index in [1.54, 1.807) is 0 Å². The molecule has 1 saturated heterocycles. The number of carbonyl (C=O) groups is 1. The van der Waals surface area contributed by atoms with E-state index in [0.717, 1.165) is 25.9 Å². The number of methoxy groups -OCH3 is 1. The molecule has 1 aromatic carbocycles. The minimum Gasteiger partial charge on any atom is -0.493 e. The van der Waals surface area contributed by atoms with Crippen LogP contribution in [0, 0.1) is 5.92 Å². The number of hydrogen-bond acceptors (Lipinski definition) is 4. The number of halogens is 2. The molecule has 2 rings (SSSR count). The van der Waals surface area contributed by atoms with Crippen LogP contribution in [0.5, 0.6) is 11.5 Å². The Hall–Kier alpha value is -1.89. The maximum Gasteiger partial charge on any atom is 0.387 e. The predicted octanol–water partition coefficient (Wildman–Crippen LogP) is 2.03. The van der Waals surface area contributed by atoms with Crippen molar-refractivity contribution in [3.8, 4) is 11.5 Å². The summed E-state index contributed by atoms with van der Waals surface area (Å²) in [5.74, 6) is 0.278. The largest absolute Gasteiger partial charge is 0.493 e. The summed E-state index contributed by atoms with van der Waals surface area (Å²) in [5, 5.41) is 6.06. The Balaban J connectivity index is 1.93. The second kappa shape index (κ2) is 7.93. The van der Waals surface area contributed by atoms with Gasteiger partial charge in [0.25, 0.3) is 5.91 Å². The molecule has 0 bridgehead atoms. The third-order valence-corrected chi connectivity index (χ3v) is 3.64. The van der Waals surface area contributed by atoms with Crippen molar-refractivity contribution in [1.29, 1.82) is 0 Å². The lowest BCUT2D eigenvalue weighted by Gasteiger charge is -2.12. The molecule has 1 fully saturated rings. The zero-order valence-corrected chi connectivity index (χ0v) is 12.4. The van der Waals surface area contributed by atoms with E-state index >= 15 is 0 Å². The number of nitrogens with one attached hydrogen (secondary N) is 2. The van der Waals surface area contributed by atoms with Crippen molar-refractivity contribution < 1.29 is 23.0 Å². The molecule has 1 heterocycles. The van der Waals surface area contributed by atoms with Crippen molar-refractivity contribution in [2.45, 2.75) is 19.5 Å². The molecule has 1 aliphatic rings. The van der Waals surface area contributed by atoms with Crippen LogP contribution >= 0.6 is 0 Å². The van der Waals surface area contributed by atoms with Gasteiger partial charge < -0.3 is 20.1 Å². The van der Waals surface area contributed by atoms with E-state index in [4.69, 9.17) is 4.74 Å². The summed E-state index contributed by atoms with van der Waals surface area (Å²) in [6.07, 6.45) is 2.01. The summed E-state index contributed by atoms with van der Waals surface area (Å²) < 4.78 is 34.0. The topological polar surface area (TPSA) is 59.6 Å². The highest BCUT2D eigenvalue weighted by Gasteiger charge is 2.16. The molecule has 0 saturated carbocycles. The van der Waals surface area contributed by atoms with Gasteiger partial charge >= 0.3 is 6.61 Å². The zero-order valence-electron chi connectivity index (χ0n) is 12.4. The van der Waals surface area contributed by atoms with Gasteiger partial charge in [-0.2, -0.15) is 8.78 Å². The van der Waals surface area contributed by atoms with E-state index in [-0.39, 0.29) is 23.0 Å². The van der Waals surface area contributed by atoms with E-state index < -0.39 is 6.61 Å². The van der Waals surface area contributed by atoms with Gasteiger partial charge in [-0.15, -0.1) is 0 Å². The van der Waals surface area contributed by atoms with Crippen molar-refractivity contribution in [3.05, 3.63) is 23.8 Å². The summed E-state index contributed by atoms with van der Waals surface area (Å²) in [6, 6.07) is 4.22. The van der Waals surface area contributed by atoms with Crippen LogP contribution in [-0.4, -0.2) is 39.3 Å².